The fraction of sp³-hybridized carbons (Fsp3) is 0.357. The van der Waals surface area contributed by atoms with Crippen molar-refractivity contribution in [3.8, 4) is 5.75 Å². The molecule has 0 aliphatic rings. The van der Waals surface area contributed by atoms with Crippen molar-refractivity contribution in [1.82, 2.24) is 4.98 Å². The lowest BCUT2D eigenvalue weighted by molar-refractivity contribution is 0.173. The molecule has 1 N–H and O–H groups in total. The van der Waals surface area contributed by atoms with Gasteiger partial charge in [0.15, 0.2) is 0 Å². The fourth-order valence-corrected chi connectivity index (χ4v) is 2.36. The lowest BCUT2D eigenvalue weighted by Gasteiger charge is -2.09. The van der Waals surface area contributed by atoms with Gasteiger partial charge >= 0.3 is 0 Å². The predicted molar refractivity (Wildman–Crippen MR) is 72.9 cm³/mol. The number of hydrogen-bond donors (Lipinski definition) is 1. The van der Waals surface area contributed by atoms with Crippen LogP contribution in [0, 0.1) is 6.92 Å². The third kappa shape index (κ3) is 3.31. The van der Waals surface area contributed by atoms with Crippen LogP contribution in [0.5, 0.6) is 5.75 Å². The van der Waals surface area contributed by atoms with Crippen LogP contribution in [0.2, 0.25) is 0 Å². The summed E-state index contributed by atoms with van der Waals surface area (Å²) in [5.41, 5.74) is 0.929. The van der Waals surface area contributed by atoms with Crippen LogP contribution in [-0.2, 0) is 6.61 Å². The highest BCUT2D eigenvalue weighted by Crippen LogP contribution is 2.21. The number of rotatable bonds is 5. The molecule has 1 aromatic heterocycles. The van der Waals surface area contributed by atoms with Crippen LogP contribution < -0.4 is 4.74 Å². The summed E-state index contributed by atoms with van der Waals surface area (Å²) in [6.45, 7) is 4.48. The number of aliphatic hydroxyl groups excluding tert-OH is 1. The van der Waals surface area contributed by atoms with Crippen molar-refractivity contribution < 1.29 is 9.84 Å². The van der Waals surface area contributed by atoms with Gasteiger partial charge in [0.05, 0.1) is 16.0 Å². The number of aromatic nitrogens is 1. The average Bonchev–Trinajstić information content (AvgIpc) is 2.82. The molecule has 0 bridgehead atoms. The molecule has 96 valence electrons. The van der Waals surface area contributed by atoms with Gasteiger partial charge in [0.1, 0.15) is 12.4 Å². The Morgan fingerprint density at radius 2 is 2.06 bits per heavy atom. The van der Waals surface area contributed by atoms with E-state index in [1.165, 1.54) is 0 Å². The van der Waals surface area contributed by atoms with E-state index in [4.69, 9.17) is 4.74 Å². The molecular weight excluding hydrogens is 246 g/mol. The van der Waals surface area contributed by atoms with Gasteiger partial charge in [-0.25, -0.2) is 4.98 Å². The monoisotopic (exact) mass is 263 g/mol. The topological polar surface area (TPSA) is 42.4 Å². The lowest BCUT2D eigenvalue weighted by atomic mass is 10.1. The van der Waals surface area contributed by atoms with Crippen molar-refractivity contribution >= 4 is 11.3 Å². The smallest absolute Gasteiger partial charge is 0.124 e. The summed E-state index contributed by atoms with van der Waals surface area (Å²) in [6.07, 6.45) is 2.18. The molecule has 0 amide bonds. The summed E-state index contributed by atoms with van der Waals surface area (Å²) in [6, 6.07) is 7.59. The molecule has 0 fully saturated rings. The fourth-order valence-electron chi connectivity index (χ4n) is 1.65. The highest BCUT2D eigenvalue weighted by Gasteiger charge is 2.05. The van der Waals surface area contributed by atoms with E-state index < -0.39 is 0 Å². The van der Waals surface area contributed by atoms with Gasteiger partial charge < -0.3 is 9.84 Å². The molecule has 1 aromatic carbocycles. The number of thiazole rings is 1. The van der Waals surface area contributed by atoms with Crippen molar-refractivity contribution in [2.45, 2.75) is 33.0 Å². The molecule has 2 aromatic rings. The van der Waals surface area contributed by atoms with Crippen LogP contribution in [0.25, 0.3) is 0 Å². The summed E-state index contributed by atoms with van der Waals surface area (Å²) in [4.78, 5) is 5.30. The molecule has 0 saturated heterocycles. The first-order valence-electron chi connectivity index (χ1n) is 6.01. The quantitative estimate of drug-likeness (QED) is 0.898. The summed E-state index contributed by atoms with van der Waals surface area (Å²) >= 11 is 1.64. The number of benzene rings is 1. The van der Waals surface area contributed by atoms with Gasteiger partial charge in [-0.2, -0.15) is 0 Å². The van der Waals surface area contributed by atoms with Crippen molar-refractivity contribution in [1.29, 1.82) is 0 Å². The summed E-state index contributed by atoms with van der Waals surface area (Å²) in [5.74, 6) is 0.813. The Hall–Kier alpha value is -1.39. The van der Waals surface area contributed by atoms with Gasteiger partial charge in [-0.3, -0.25) is 0 Å². The van der Waals surface area contributed by atoms with Crippen molar-refractivity contribution in [3.63, 3.8) is 0 Å². The number of aryl methyl sites for hydroxylation is 1. The Labute approximate surface area is 111 Å². The van der Waals surface area contributed by atoms with Crippen LogP contribution in [0.1, 0.15) is 34.9 Å². The molecule has 2 rings (SSSR count). The number of ether oxygens (including phenoxy) is 1. The summed E-state index contributed by atoms with van der Waals surface area (Å²) in [5, 5.41) is 10.7. The minimum absolute atomic E-state index is 0.386. The van der Waals surface area contributed by atoms with Crippen LogP contribution >= 0.6 is 11.3 Å². The third-order valence-electron chi connectivity index (χ3n) is 2.70. The van der Waals surface area contributed by atoms with Crippen LogP contribution in [0.4, 0.5) is 0 Å². The van der Waals surface area contributed by atoms with Crippen molar-refractivity contribution in [3.05, 3.63) is 45.9 Å². The zero-order valence-electron chi connectivity index (χ0n) is 10.6. The lowest BCUT2D eigenvalue weighted by Crippen LogP contribution is -1.96. The minimum Gasteiger partial charge on any atom is -0.488 e. The molecule has 0 aliphatic carbocycles. The molecule has 0 aliphatic heterocycles. The zero-order chi connectivity index (χ0) is 13.0. The van der Waals surface area contributed by atoms with Gasteiger partial charge in [0, 0.05) is 6.20 Å². The highest BCUT2D eigenvalue weighted by atomic mass is 32.1. The zero-order valence-corrected chi connectivity index (χ0v) is 11.4. The van der Waals surface area contributed by atoms with Gasteiger partial charge in [0.25, 0.3) is 0 Å². The van der Waals surface area contributed by atoms with E-state index >= 15 is 0 Å². The van der Waals surface area contributed by atoms with E-state index in [1.54, 1.807) is 11.3 Å². The van der Waals surface area contributed by atoms with Crippen LogP contribution in [0.15, 0.2) is 30.5 Å². The number of nitrogens with zero attached hydrogens (tertiary/aromatic N) is 1. The van der Waals surface area contributed by atoms with E-state index in [2.05, 4.69) is 4.98 Å². The second-order valence-corrected chi connectivity index (χ2v) is 5.45. The molecule has 0 saturated carbocycles. The second-order valence-electron chi connectivity index (χ2n) is 4.13. The highest BCUT2D eigenvalue weighted by molar-refractivity contribution is 7.11. The molecular formula is C14H17NO2S. The van der Waals surface area contributed by atoms with E-state index in [9.17, 15) is 5.11 Å². The molecule has 1 atom stereocenters. The second kappa shape index (κ2) is 5.98. The normalized spacial score (nSPS) is 12.4. The van der Waals surface area contributed by atoms with Crippen LogP contribution in [-0.4, -0.2) is 10.1 Å². The third-order valence-corrected chi connectivity index (χ3v) is 3.59. The Bertz CT molecular complexity index is 493. The Morgan fingerprint density at radius 3 is 2.61 bits per heavy atom. The first-order valence-corrected chi connectivity index (χ1v) is 6.83. The van der Waals surface area contributed by atoms with Crippen molar-refractivity contribution in [2.75, 3.05) is 0 Å². The molecule has 4 heteroatoms. The Balaban J connectivity index is 1.94. The van der Waals surface area contributed by atoms with E-state index in [1.807, 2.05) is 44.3 Å². The molecule has 1 heterocycles. The number of hydrogen-bond acceptors (Lipinski definition) is 4. The molecule has 0 unspecified atom stereocenters. The van der Waals surface area contributed by atoms with Crippen molar-refractivity contribution in [2.24, 2.45) is 0 Å². The first-order chi connectivity index (χ1) is 8.69. The maximum absolute atomic E-state index is 9.68. The predicted octanol–water partition coefficient (Wildman–Crippen LogP) is 3.47. The molecule has 18 heavy (non-hydrogen) atoms. The minimum atomic E-state index is -0.386. The van der Waals surface area contributed by atoms with E-state index in [-0.39, 0.29) is 6.10 Å². The molecule has 0 spiro atoms. The van der Waals surface area contributed by atoms with E-state index in [0.717, 1.165) is 27.6 Å². The summed E-state index contributed by atoms with van der Waals surface area (Å²) in [7, 11) is 0. The van der Waals surface area contributed by atoms with Crippen LogP contribution in [0.3, 0.4) is 0 Å². The summed E-state index contributed by atoms with van der Waals surface area (Å²) < 4.78 is 5.66. The van der Waals surface area contributed by atoms with Gasteiger partial charge in [-0.05, 0) is 31.0 Å². The van der Waals surface area contributed by atoms with Gasteiger partial charge in [0.2, 0.25) is 0 Å². The largest absolute Gasteiger partial charge is 0.488 e. The maximum atomic E-state index is 9.68. The Kier molecular flexibility index (Phi) is 4.33. The van der Waals surface area contributed by atoms with Gasteiger partial charge in [-0.15, -0.1) is 11.3 Å². The standard InChI is InChI=1S/C14H17NO2S/c1-3-14(16)11-4-6-12(7-5-11)17-9-13-8-15-10(2)18-13/h4-8,14,16H,3,9H2,1-2H3/t14-/m1/s1. The molecule has 3 nitrogen and oxygen atoms in total. The molecule has 0 radical (unpaired) electrons. The van der Waals surface area contributed by atoms with E-state index in [0.29, 0.717) is 6.61 Å². The SMILES string of the molecule is CC[C@@H](O)c1ccc(OCc2cnc(C)s2)cc1. The average molecular weight is 263 g/mol. The van der Waals surface area contributed by atoms with Gasteiger partial charge in [-0.1, -0.05) is 19.1 Å². The number of aliphatic hydroxyl groups is 1. The maximum Gasteiger partial charge on any atom is 0.124 e. The Morgan fingerprint density at radius 1 is 1.33 bits per heavy atom. The first kappa shape index (κ1) is 13.1.